The molecule has 0 aliphatic heterocycles. The van der Waals surface area contributed by atoms with Gasteiger partial charge >= 0.3 is 0 Å². The van der Waals surface area contributed by atoms with E-state index in [0.29, 0.717) is 21.7 Å². The van der Waals surface area contributed by atoms with E-state index in [-0.39, 0.29) is 0 Å². The first-order chi connectivity index (χ1) is 6.24. The van der Waals surface area contributed by atoms with Crippen LogP contribution in [-0.4, -0.2) is 0 Å². The fourth-order valence-electron chi connectivity index (χ4n) is 6.48. The third-order valence-electron chi connectivity index (χ3n) is 4.87. The summed E-state index contributed by atoms with van der Waals surface area (Å²) in [6, 6.07) is 0. The van der Waals surface area contributed by atoms with Crippen LogP contribution in [0.5, 0.6) is 0 Å². The van der Waals surface area contributed by atoms with E-state index in [1.54, 1.807) is 0 Å². The summed E-state index contributed by atoms with van der Waals surface area (Å²) in [6.45, 7) is 10.1. The molecule has 14 heavy (non-hydrogen) atoms. The van der Waals surface area contributed by atoms with Crippen molar-refractivity contribution >= 4 is 0 Å². The second kappa shape index (κ2) is 2.08. The average Bonchev–Trinajstić information content (AvgIpc) is 1.67. The van der Waals surface area contributed by atoms with Crippen LogP contribution in [0.4, 0.5) is 0 Å². The summed E-state index contributed by atoms with van der Waals surface area (Å²) in [5.74, 6) is 0. The van der Waals surface area contributed by atoms with Crippen molar-refractivity contribution in [1.82, 2.24) is 0 Å². The van der Waals surface area contributed by atoms with E-state index in [4.69, 9.17) is 0 Å². The normalized spacial score (nSPS) is 66.0. The molecule has 4 bridgehead atoms. The maximum Gasteiger partial charge on any atom is -0.0266 e. The van der Waals surface area contributed by atoms with Gasteiger partial charge in [0.05, 0.1) is 0 Å². The third-order valence-corrected chi connectivity index (χ3v) is 4.87. The van der Waals surface area contributed by atoms with Gasteiger partial charge in [-0.1, -0.05) is 27.7 Å². The zero-order valence-corrected chi connectivity index (χ0v) is 10.1. The van der Waals surface area contributed by atoms with Gasteiger partial charge in [-0.05, 0) is 60.2 Å². The van der Waals surface area contributed by atoms with Crippen molar-refractivity contribution < 1.29 is 0 Å². The number of hydrogen-bond donors (Lipinski definition) is 0. The second-order valence-electron chi connectivity index (χ2n) is 7.96. The highest BCUT2D eigenvalue weighted by Crippen LogP contribution is 2.72. The Balaban J connectivity index is 2.08. The van der Waals surface area contributed by atoms with E-state index in [1.807, 2.05) is 0 Å². The molecule has 0 spiro atoms. The quantitative estimate of drug-likeness (QED) is 0.538. The largest absolute Gasteiger partial charge is 0.0596 e. The molecule has 79 valence electrons. The highest BCUT2D eigenvalue weighted by molar-refractivity contribution is 5.20. The van der Waals surface area contributed by atoms with Crippen LogP contribution >= 0.6 is 0 Å². The zero-order valence-electron chi connectivity index (χ0n) is 10.1. The Bertz CT molecular complexity index is 193. The van der Waals surface area contributed by atoms with E-state index in [1.165, 1.54) is 32.1 Å². The summed E-state index contributed by atoms with van der Waals surface area (Å²) in [4.78, 5) is 0. The first kappa shape index (κ1) is 9.24. The minimum Gasteiger partial charge on any atom is -0.0596 e. The Morgan fingerprint density at radius 2 is 1.00 bits per heavy atom. The molecule has 0 saturated heterocycles. The van der Waals surface area contributed by atoms with Crippen molar-refractivity contribution in [2.45, 2.75) is 59.8 Å². The van der Waals surface area contributed by atoms with Crippen LogP contribution in [0, 0.1) is 28.1 Å². The van der Waals surface area contributed by atoms with Crippen LogP contribution in [0.1, 0.15) is 59.8 Å². The molecule has 0 unspecified atom stereocenters. The molecule has 0 heteroatoms. The Morgan fingerprint density at radius 1 is 0.643 bits per heavy atom. The summed E-state index contributed by atoms with van der Waals surface area (Å²) in [7, 11) is 0. The summed E-state index contributed by atoms with van der Waals surface area (Å²) in [5.41, 5.74) is 2.44. The first-order valence-electron chi connectivity index (χ1n) is 6.11. The van der Waals surface area contributed by atoms with Crippen molar-refractivity contribution in [1.29, 1.82) is 0 Å². The van der Waals surface area contributed by atoms with Gasteiger partial charge in [-0.25, -0.2) is 0 Å². The lowest BCUT2D eigenvalue weighted by atomic mass is 9.37. The monoisotopic (exact) mass is 191 g/mol. The fraction of sp³-hybridized carbons (Fsp3) is 0.929. The maximum absolute atomic E-state index is 2.71. The van der Waals surface area contributed by atoms with Crippen LogP contribution in [0.25, 0.3) is 0 Å². The number of hydrogen-bond acceptors (Lipinski definition) is 0. The second-order valence-corrected chi connectivity index (χ2v) is 7.96. The summed E-state index contributed by atoms with van der Waals surface area (Å²) in [6.07, 6.45) is 9.99. The van der Waals surface area contributed by atoms with Crippen molar-refractivity contribution in [3.8, 4) is 0 Å². The van der Waals surface area contributed by atoms with Gasteiger partial charge in [0.15, 0.2) is 0 Å². The molecule has 0 aromatic carbocycles. The maximum atomic E-state index is 2.71. The molecule has 0 atom stereocenters. The summed E-state index contributed by atoms with van der Waals surface area (Å²) < 4.78 is 0. The Morgan fingerprint density at radius 3 is 1.29 bits per heavy atom. The molecule has 4 aliphatic rings. The molecule has 4 fully saturated rings. The van der Waals surface area contributed by atoms with Crippen molar-refractivity contribution in [3.63, 3.8) is 0 Å². The molecule has 0 N–H and O–H groups in total. The van der Waals surface area contributed by atoms with Crippen LogP contribution in [0.15, 0.2) is 0 Å². The van der Waals surface area contributed by atoms with Crippen LogP contribution in [0.3, 0.4) is 0 Å². The van der Waals surface area contributed by atoms with Gasteiger partial charge in [-0.2, -0.15) is 0 Å². The Kier molecular flexibility index (Phi) is 1.37. The van der Waals surface area contributed by atoms with Crippen molar-refractivity contribution in [2.75, 3.05) is 0 Å². The zero-order chi connectivity index (χ0) is 10.2. The molecular weight excluding hydrogens is 168 g/mol. The minimum absolute atomic E-state index is 0.562. The molecule has 1 radical (unpaired) electrons. The van der Waals surface area contributed by atoms with Gasteiger partial charge in [0.2, 0.25) is 0 Å². The van der Waals surface area contributed by atoms with Crippen molar-refractivity contribution in [3.05, 3.63) is 6.42 Å². The van der Waals surface area contributed by atoms with Crippen LogP contribution in [0.2, 0.25) is 0 Å². The molecule has 4 saturated carbocycles. The third kappa shape index (κ3) is 1.12. The Labute approximate surface area is 88.5 Å². The van der Waals surface area contributed by atoms with Gasteiger partial charge < -0.3 is 0 Å². The molecule has 0 heterocycles. The predicted molar refractivity (Wildman–Crippen MR) is 59.8 cm³/mol. The standard InChI is InChI=1S/C14H23/c1-11-5-12(2)8-13(3,6-11)10-14(4,7-11)9-12/h5H,6-10H2,1-4H3. The lowest BCUT2D eigenvalue weighted by molar-refractivity contribution is -0.136. The molecule has 0 nitrogen and oxygen atoms in total. The lowest BCUT2D eigenvalue weighted by Gasteiger charge is -2.68. The predicted octanol–water partition coefficient (Wildman–Crippen LogP) is 4.21. The van der Waals surface area contributed by atoms with E-state index >= 15 is 0 Å². The SMILES string of the molecule is CC12[CH]C3(C)CC(C)(C1)CC(C)(C2)C3. The van der Waals surface area contributed by atoms with E-state index in [2.05, 4.69) is 34.1 Å². The van der Waals surface area contributed by atoms with Gasteiger partial charge in [-0.3, -0.25) is 0 Å². The number of rotatable bonds is 0. The van der Waals surface area contributed by atoms with Crippen molar-refractivity contribution in [2.24, 2.45) is 21.7 Å². The summed E-state index contributed by atoms with van der Waals surface area (Å²) >= 11 is 0. The van der Waals surface area contributed by atoms with Gasteiger partial charge in [-0.15, -0.1) is 0 Å². The molecule has 4 aliphatic carbocycles. The van der Waals surface area contributed by atoms with Gasteiger partial charge in [0.1, 0.15) is 0 Å². The minimum atomic E-state index is 0.562. The molecule has 0 aromatic rings. The smallest absolute Gasteiger partial charge is 0.0266 e. The van der Waals surface area contributed by atoms with Crippen LogP contribution in [-0.2, 0) is 0 Å². The molecular formula is C14H23. The topological polar surface area (TPSA) is 0 Å². The average molecular weight is 191 g/mol. The van der Waals surface area contributed by atoms with Gasteiger partial charge in [0, 0.05) is 0 Å². The highest BCUT2D eigenvalue weighted by Gasteiger charge is 2.62. The van der Waals surface area contributed by atoms with E-state index in [9.17, 15) is 0 Å². The van der Waals surface area contributed by atoms with E-state index < -0.39 is 0 Å². The van der Waals surface area contributed by atoms with Gasteiger partial charge in [0.25, 0.3) is 0 Å². The molecule has 0 amide bonds. The lowest BCUT2D eigenvalue weighted by Crippen LogP contribution is -2.58. The molecule has 0 aromatic heterocycles. The Hall–Kier alpha value is 0. The molecule has 4 rings (SSSR count). The van der Waals surface area contributed by atoms with E-state index in [0.717, 1.165) is 0 Å². The fourth-order valence-corrected chi connectivity index (χ4v) is 6.48. The highest BCUT2D eigenvalue weighted by atomic mass is 14.7. The summed E-state index contributed by atoms with van der Waals surface area (Å²) in [5, 5.41) is 0. The van der Waals surface area contributed by atoms with Crippen LogP contribution < -0.4 is 0 Å². The first-order valence-corrected chi connectivity index (χ1v) is 6.11.